The van der Waals surface area contributed by atoms with Gasteiger partial charge < -0.3 is 18.9 Å². The second-order valence-electron chi connectivity index (χ2n) is 4.16. The average molecular weight is 373 g/mol. The van der Waals surface area contributed by atoms with Crippen LogP contribution in [0.3, 0.4) is 0 Å². The van der Waals surface area contributed by atoms with Gasteiger partial charge in [-0.05, 0) is 11.4 Å². The second-order valence-corrected chi connectivity index (χ2v) is 6.02. The minimum Gasteiger partial charge on any atom is -0.496 e. The molecule has 0 saturated carbocycles. The Morgan fingerprint density at radius 3 is 1.95 bits per heavy atom. The fourth-order valence-electron chi connectivity index (χ4n) is 2.08. The summed E-state index contributed by atoms with van der Waals surface area (Å²) < 4.78 is 21.7. The van der Waals surface area contributed by atoms with Gasteiger partial charge in [0.2, 0.25) is 0 Å². The molecule has 114 valence electrons. The molecular formula is C15H17BrO4S. The summed E-state index contributed by atoms with van der Waals surface area (Å²) >= 11 is 5.34. The number of rotatable bonds is 6. The zero-order valence-electron chi connectivity index (χ0n) is 12.3. The lowest BCUT2D eigenvalue weighted by Crippen LogP contribution is -2.01. The summed E-state index contributed by atoms with van der Waals surface area (Å²) in [6.45, 7) is 0. The van der Waals surface area contributed by atoms with Crippen molar-refractivity contribution in [2.24, 2.45) is 0 Å². The Morgan fingerprint density at radius 1 is 0.905 bits per heavy atom. The normalized spacial score (nSPS) is 11.9. The quantitative estimate of drug-likeness (QED) is 0.709. The molecule has 0 radical (unpaired) electrons. The van der Waals surface area contributed by atoms with E-state index in [1.165, 1.54) is 0 Å². The van der Waals surface area contributed by atoms with Crippen molar-refractivity contribution in [3.05, 3.63) is 34.0 Å². The second kappa shape index (κ2) is 7.04. The first-order chi connectivity index (χ1) is 10.2. The summed E-state index contributed by atoms with van der Waals surface area (Å²) in [4.78, 5) is 0.961. The van der Waals surface area contributed by atoms with E-state index in [0.29, 0.717) is 17.2 Å². The monoisotopic (exact) mass is 372 g/mol. The van der Waals surface area contributed by atoms with Gasteiger partial charge in [0.1, 0.15) is 23.0 Å². The highest BCUT2D eigenvalue weighted by atomic mass is 79.9. The first-order valence-corrected chi connectivity index (χ1v) is 8.01. The lowest BCUT2D eigenvalue weighted by atomic mass is 10.1. The molecule has 1 atom stereocenters. The Bertz CT molecular complexity index is 586. The number of ether oxygens (including phenoxy) is 4. The summed E-state index contributed by atoms with van der Waals surface area (Å²) in [7, 11) is 6.53. The molecule has 1 aromatic heterocycles. The van der Waals surface area contributed by atoms with Gasteiger partial charge in [-0.1, -0.05) is 15.9 Å². The van der Waals surface area contributed by atoms with Gasteiger partial charge in [-0.25, -0.2) is 0 Å². The first-order valence-electron chi connectivity index (χ1n) is 6.21. The molecule has 0 spiro atoms. The molecule has 1 aromatic carbocycles. The molecule has 1 heterocycles. The molecule has 0 N–H and O–H groups in total. The van der Waals surface area contributed by atoms with Gasteiger partial charge in [-0.3, -0.25) is 0 Å². The summed E-state index contributed by atoms with van der Waals surface area (Å²) in [5.74, 6) is 2.92. The Labute approximate surface area is 136 Å². The Kier molecular flexibility index (Phi) is 5.36. The van der Waals surface area contributed by atoms with Crippen LogP contribution in [0, 0.1) is 0 Å². The predicted molar refractivity (Wildman–Crippen MR) is 87.7 cm³/mol. The Balaban J connectivity index is 2.56. The smallest absolute Gasteiger partial charge is 0.134 e. The van der Waals surface area contributed by atoms with Crippen LogP contribution >= 0.6 is 27.3 Å². The van der Waals surface area contributed by atoms with Crippen LogP contribution in [0.15, 0.2) is 23.6 Å². The molecule has 6 heteroatoms. The SMILES string of the molecule is COc1cc(OC)c(C(Br)c2sccc2OC)c(OC)c1. The molecule has 0 aliphatic heterocycles. The predicted octanol–water partition coefficient (Wildman–Crippen LogP) is 4.27. The number of thiophene rings is 1. The maximum atomic E-state index is 5.50. The number of hydrogen-bond acceptors (Lipinski definition) is 5. The van der Waals surface area contributed by atoms with Crippen molar-refractivity contribution in [3.63, 3.8) is 0 Å². The number of hydrogen-bond donors (Lipinski definition) is 0. The summed E-state index contributed by atoms with van der Waals surface area (Å²) in [6, 6.07) is 5.62. The molecule has 0 amide bonds. The van der Waals surface area contributed by atoms with Crippen molar-refractivity contribution >= 4 is 27.3 Å². The van der Waals surface area contributed by atoms with E-state index < -0.39 is 0 Å². The maximum absolute atomic E-state index is 5.50. The van der Waals surface area contributed by atoms with Crippen LogP contribution in [-0.2, 0) is 0 Å². The van der Waals surface area contributed by atoms with Crippen molar-refractivity contribution in [3.8, 4) is 23.0 Å². The van der Waals surface area contributed by atoms with Gasteiger partial charge in [-0.2, -0.15) is 0 Å². The van der Waals surface area contributed by atoms with E-state index in [4.69, 9.17) is 18.9 Å². The van der Waals surface area contributed by atoms with Crippen LogP contribution in [0.5, 0.6) is 23.0 Å². The number of alkyl halides is 1. The third kappa shape index (κ3) is 3.11. The fraction of sp³-hybridized carbons (Fsp3) is 0.333. The van der Waals surface area contributed by atoms with Gasteiger partial charge in [0, 0.05) is 12.1 Å². The molecule has 21 heavy (non-hydrogen) atoms. The molecule has 0 fully saturated rings. The van der Waals surface area contributed by atoms with Crippen LogP contribution < -0.4 is 18.9 Å². The average Bonchev–Trinajstić information content (AvgIpc) is 3.01. The number of methoxy groups -OCH3 is 4. The van der Waals surface area contributed by atoms with Gasteiger partial charge in [0.25, 0.3) is 0 Å². The van der Waals surface area contributed by atoms with Crippen molar-refractivity contribution in [1.82, 2.24) is 0 Å². The third-order valence-electron chi connectivity index (χ3n) is 3.11. The number of benzene rings is 1. The minimum absolute atomic E-state index is 0.0942. The van der Waals surface area contributed by atoms with Crippen molar-refractivity contribution in [2.75, 3.05) is 28.4 Å². The van der Waals surface area contributed by atoms with E-state index in [2.05, 4.69) is 15.9 Å². The van der Waals surface area contributed by atoms with Crippen molar-refractivity contribution < 1.29 is 18.9 Å². The highest BCUT2D eigenvalue weighted by Gasteiger charge is 2.25. The molecule has 0 aliphatic rings. The standard InChI is InChI=1S/C15H17BrO4S/c1-17-9-7-11(19-3)13(12(8-9)20-4)14(16)15-10(18-2)5-6-21-15/h5-8,14H,1-4H3. The summed E-state index contributed by atoms with van der Waals surface area (Å²) in [5.41, 5.74) is 0.904. The lowest BCUT2D eigenvalue weighted by molar-refractivity contribution is 0.369. The maximum Gasteiger partial charge on any atom is 0.134 e. The molecule has 1 unspecified atom stereocenters. The zero-order valence-corrected chi connectivity index (χ0v) is 14.7. The highest BCUT2D eigenvalue weighted by molar-refractivity contribution is 9.09. The van der Waals surface area contributed by atoms with E-state index in [-0.39, 0.29) is 4.83 Å². The van der Waals surface area contributed by atoms with Gasteiger partial charge in [0.15, 0.2) is 0 Å². The Morgan fingerprint density at radius 2 is 1.48 bits per heavy atom. The zero-order chi connectivity index (χ0) is 15.4. The molecule has 2 aromatic rings. The first kappa shape index (κ1) is 16.0. The lowest BCUT2D eigenvalue weighted by Gasteiger charge is -2.19. The minimum atomic E-state index is -0.0942. The van der Waals surface area contributed by atoms with E-state index in [1.54, 1.807) is 39.8 Å². The van der Waals surface area contributed by atoms with Gasteiger partial charge in [0.05, 0.1) is 43.7 Å². The van der Waals surface area contributed by atoms with Crippen molar-refractivity contribution in [2.45, 2.75) is 4.83 Å². The topological polar surface area (TPSA) is 36.9 Å². The highest BCUT2D eigenvalue weighted by Crippen LogP contribution is 2.48. The fourth-order valence-corrected chi connectivity index (χ4v) is 3.92. The molecule has 0 aliphatic carbocycles. The summed E-state index contributed by atoms with van der Waals surface area (Å²) in [5, 5.41) is 1.99. The molecule has 4 nitrogen and oxygen atoms in total. The summed E-state index contributed by atoms with van der Waals surface area (Å²) in [6.07, 6.45) is 0. The molecular weight excluding hydrogens is 356 g/mol. The molecule has 0 saturated heterocycles. The molecule has 0 bridgehead atoms. The van der Waals surface area contributed by atoms with Crippen LogP contribution in [0.1, 0.15) is 15.3 Å². The Hall–Kier alpha value is -1.40. The van der Waals surface area contributed by atoms with E-state index in [1.807, 2.05) is 23.6 Å². The number of halogens is 1. The van der Waals surface area contributed by atoms with Crippen LogP contribution in [-0.4, -0.2) is 28.4 Å². The largest absolute Gasteiger partial charge is 0.496 e. The van der Waals surface area contributed by atoms with E-state index in [9.17, 15) is 0 Å². The van der Waals surface area contributed by atoms with Crippen LogP contribution in [0.25, 0.3) is 0 Å². The van der Waals surface area contributed by atoms with Gasteiger partial charge in [-0.15, -0.1) is 11.3 Å². The van der Waals surface area contributed by atoms with E-state index >= 15 is 0 Å². The van der Waals surface area contributed by atoms with Gasteiger partial charge >= 0.3 is 0 Å². The molecule has 2 rings (SSSR count). The van der Waals surface area contributed by atoms with Crippen molar-refractivity contribution in [1.29, 1.82) is 0 Å². The van der Waals surface area contributed by atoms with E-state index in [0.717, 1.165) is 16.2 Å². The van der Waals surface area contributed by atoms with Crippen LogP contribution in [0.4, 0.5) is 0 Å². The van der Waals surface area contributed by atoms with Crippen LogP contribution in [0.2, 0.25) is 0 Å². The third-order valence-corrected chi connectivity index (χ3v) is 5.30.